The third-order valence-corrected chi connectivity index (χ3v) is 5.12. The maximum Gasteiger partial charge on any atom is 0.416 e. The molecule has 3 aromatic rings. The van der Waals surface area contributed by atoms with Crippen molar-refractivity contribution in [3.8, 4) is 20.2 Å². The number of alkyl halides is 3. The highest BCUT2D eigenvalue weighted by Crippen LogP contribution is 2.38. The van der Waals surface area contributed by atoms with Crippen LogP contribution in [0.5, 0.6) is 0 Å². The largest absolute Gasteiger partial charge is 0.416 e. The molecule has 0 unspecified atom stereocenters. The molecule has 0 aliphatic heterocycles. The Labute approximate surface area is 126 Å². The molecule has 0 bridgehead atoms. The second-order valence-electron chi connectivity index (χ2n) is 4.34. The average molecular weight is 328 g/mol. The van der Waals surface area contributed by atoms with Gasteiger partial charge in [-0.3, -0.25) is 0 Å². The molecule has 1 aromatic carbocycles. The first-order chi connectivity index (χ1) is 9.93. The molecule has 0 saturated carbocycles. The van der Waals surface area contributed by atoms with Crippen molar-refractivity contribution >= 4 is 22.7 Å². The molecule has 6 heteroatoms. The monoisotopic (exact) mass is 328 g/mol. The number of hydrogen-bond acceptors (Lipinski definition) is 2. The zero-order valence-electron chi connectivity index (χ0n) is 10.4. The van der Waals surface area contributed by atoms with Gasteiger partial charge in [0.15, 0.2) is 5.13 Å². The van der Waals surface area contributed by atoms with Gasteiger partial charge in [0.1, 0.15) is 0 Å². The van der Waals surface area contributed by atoms with E-state index in [1.54, 1.807) is 6.07 Å². The Kier molecular flexibility index (Phi) is 3.59. The summed E-state index contributed by atoms with van der Waals surface area (Å²) in [6, 6.07) is 11.8. The molecule has 0 spiro atoms. The van der Waals surface area contributed by atoms with Crippen LogP contribution in [0, 0.1) is 5.13 Å². The Morgan fingerprint density at radius 3 is 1.81 bits per heavy atom. The molecule has 0 aliphatic rings. The third kappa shape index (κ3) is 3.01. The Morgan fingerprint density at radius 1 is 0.667 bits per heavy atom. The molecule has 2 heterocycles. The van der Waals surface area contributed by atoms with Crippen LogP contribution in [-0.2, 0) is 6.18 Å². The summed E-state index contributed by atoms with van der Waals surface area (Å²) < 4.78 is 50.6. The van der Waals surface area contributed by atoms with Crippen molar-refractivity contribution in [2.24, 2.45) is 0 Å². The molecule has 0 saturated heterocycles. The minimum absolute atomic E-state index is 0.255. The maximum absolute atomic E-state index is 13.0. The van der Waals surface area contributed by atoms with Crippen molar-refractivity contribution in [3.05, 3.63) is 59.2 Å². The zero-order chi connectivity index (χ0) is 15.0. The van der Waals surface area contributed by atoms with Crippen molar-refractivity contribution < 1.29 is 17.6 Å². The predicted molar refractivity (Wildman–Crippen MR) is 78.0 cm³/mol. The Hall–Kier alpha value is -1.66. The Morgan fingerprint density at radius 2 is 1.24 bits per heavy atom. The van der Waals surface area contributed by atoms with Gasteiger partial charge in [-0.25, -0.2) is 0 Å². The number of thiophene rings is 2. The molecular formula is C15H8F4S2. The molecule has 0 aliphatic carbocycles. The average Bonchev–Trinajstić information content (AvgIpc) is 3.06. The smallest absolute Gasteiger partial charge is 0.195 e. The highest BCUT2D eigenvalue weighted by molar-refractivity contribution is 7.23. The normalized spacial score (nSPS) is 11.8. The molecular weight excluding hydrogens is 320 g/mol. The van der Waals surface area contributed by atoms with E-state index in [2.05, 4.69) is 0 Å². The lowest BCUT2D eigenvalue weighted by atomic mass is 10.1. The first kappa shape index (κ1) is 14.3. The summed E-state index contributed by atoms with van der Waals surface area (Å²) in [5.41, 5.74) is 0.0552. The van der Waals surface area contributed by atoms with Crippen LogP contribution >= 0.6 is 22.7 Å². The van der Waals surface area contributed by atoms with E-state index in [-0.39, 0.29) is 5.13 Å². The molecule has 108 valence electrons. The summed E-state index contributed by atoms with van der Waals surface area (Å²) in [6.45, 7) is 0. The molecule has 21 heavy (non-hydrogen) atoms. The minimum atomic E-state index is -4.33. The lowest BCUT2D eigenvalue weighted by molar-refractivity contribution is -0.137. The van der Waals surface area contributed by atoms with Crippen LogP contribution < -0.4 is 0 Å². The minimum Gasteiger partial charge on any atom is -0.195 e. The van der Waals surface area contributed by atoms with Crippen molar-refractivity contribution in [1.82, 2.24) is 0 Å². The van der Waals surface area contributed by atoms with Gasteiger partial charge in [0.05, 0.1) is 5.56 Å². The highest BCUT2D eigenvalue weighted by Gasteiger charge is 2.30. The van der Waals surface area contributed by atoms with E-state index in [1.807, 2.05) is 12.1 Å². The number of benzene rings is 1. The highest BCUT2D eigenvalue weighted by atomic mass is 32.1. The van der Waals surface area contributed by atoms with Gasteiger partial charge in [-0.15, -0.1) is 22.7 Å². The van der Waals surface area contributed by atoms with E-state index in [4.69, 9.17) is 0 Å². The van der Waals surface area contributed by atoms with Crippen molar-refractivity contribution in [1.29, 1.82) is 0 Å². The van der Waals surface area contributed by atoms with Crippen LogP contribution in [0.15, 0.2) is 48.5 Å². The molecule has 0 N–H and O–H groups in total. The second-order valence-corrected chi connectivity index (χ2v) is 6.46. The third-order valence-electron chi connectivity index (χ3n) is 2.92. The first-order valence-corrected chi connectivity index (χ1v) is 7.60. The van der Waals surface area contributed by atoms with Gasteiger partial charge in [0.25, 0.3) is 0 Å². The molecule has 3 rings (SSSR count). The summed E-state index contributed by atoms with van der Waals surface area (Å²) in [6.07, 6.45) is -4.33. The van der Waals surface area contributed by atoms with E-state index in [9.17, 15) is 17.6 Å². The summed E-state index contributed by atoms with van der Waals surface area (Å²) >= 11 is 2.48. The standard InChI is InChI=1S/C15H8F4S2/c16-14-8-7-13(21-14)12-6-5-11(20-12)9-1-3-10(4-2-9)15(17,18)19/h1-8H. The van der Waals surface area contributed by atoms with E-state index < -0.39 is 11.7 Å². The van der Waals surface area contributed by atoms with Crippen LogP contribution in [0.1, 0.15) is 5.56 Å². The number of halogens is 4. The molecule has 0 nitrogen and oxygen atoms in total. The predicted octanol–water partition coefficient (Wildman–Crippen LogP) is 6.30. The first-order valence-electron chi connectivity index (χ1n) is 5.97. The topological polar surface area (TPSA) is 0 Å². The molecule has 0 amide bonds. The fourth-order valence-electron chi connectivity index (χ4n) is 1.90. The molecule has 2 aromatic heterocycles. The molecule has 0 fully saturated rings. The van der Waals surface area contributed by atoms with Gasteiger partial charge in [0, 0.05) is 14.6 Å². The van der Waals surface area contributed by atoms with Gasteiger partial charge in [-0.05, 0) is 42.0 Å². The van der Waals surface area contributed by atoms with Crippen LogP contribution in [0.4, 0.5) is 17.6 Å². The van der Waals surface area contributed by atoms with Gasteiger partial charge < -0.3 is 0 Å². The summed E-state index contributed by atoms with van der Waals surface area (Å²) in [7, 11) is 0. The van der Waals surface area contributed by atoms with Crippen LogP contribution in [-0.4, -0.2) is 0 Å². The van der Waals surface area contributed by atoms with Crippen molar-refractivity contribution in [2.45, 2.75) is 6.18 Å². The van der Waals surface area contributed by atoms with E-state index in [1.165, 1.54) is 29.5 Å². The van der Waals surface area contributed by atoms with E-state index in [0.717, 1.165) is 43.7 Å². The van der Waals surface area contributed by atoms with Gasteiger partial charge in [0.2, 0.25) is 0 Å². The number of rotatable bonds is 2. The Bertz CT molecular complexity index is 751. The number of hydrogen-bond donors (Lipinski definition) is 0. The molecule has 0 radical (unpaired) electrons. The zero-order valence-corrected chi connectivity index (χ0v) is 12.1. The van der Waals surface area contributed by atoms with E-state index in [0.29, 0.717) is 0 Å². The van der Waals surface area contributed by atoms with Gasteiger partial charge in [-0.1, -0.05) is 12.1 Å². The van der Waals surface area contributed by atoms with Gasteiger partial charge in [-0.2, -0.15) is 17.6 Å². The summed E-state index contributed by atoms with van der Waals surface area (Å²) in [4.78, 5) is 2.57. The quantitative estimate of drug-likeness (QED) is 0.484. The lowest BCUT2D eigenvalue weighted by Gasteiger charge is -2.06. The van der Waals surface area contributed by atoms with Gasteiger partial charge >= 0.3 is 6.18 Å². The Balaban J connectivity index is 1.90. The molecule has 0 atom stereocenters. The fraction of sp³-hybridized carbons (Fsp3) is 0.0667. The van der Waals surface area contributed by atoms with E-state index >= 15 is 0 Å². The maximum atomic E-state index is 13.0. The van der Waals surface area contributed by atoms with Crippen LogP contribution in [0.3, 0.4) is 0 Å². The van der Waals surface area contributed by atoms with Crippen LogP contribution in [0.25, 0.3) is 20.2 Å². The van der Waals surface area contributed by atoms with Crippen LogP contribution in [0.2, 0.25) is 0 Å². The second kappa shape index (κ2) is 5.27. The summed E-state index contributed by atoms with van der Waals surface area (Å²) in [5.74, 6) is 0. The van der Waals surface area contributed by atoms with Crippen molar-refractivity contribution in [2.75, 3.05) is 0 Å². The summed E-state index contributed by atoms with van der Waals surface area (Å²) in [5, 5.41) is -0.255. The SMILES string of the molecule is Fc1ccc(-c2ccc(-c3ccc(C(F)(F)F)cc3)s2)s1. The van der Waals surface area contributed by atoms with Crippen molar-refractivity contribution in [3.63, 3.8) is 0 Å². The fourth-order valence-corrected chi connectivity index (χ4v) is 3.73. The lowest BCUT2D eigenvalue weighted by Crippen LogP contribution is -2.03.